The molecule has 15 heavy (non-hydrogen) atoms. The first-order chi connectivity index (χ1) is 6.80. The van der Waals surface area contributed by atoms with Crippen molar-refractivity contribution in [1.29, 1.82) is 0 Å². The van der Waals surface area contributed by atoms with Gasteiger partial charge in [0, 0.05) is 12.3 Å². The lowest BCUT2D eigenvalue weighted by atomic mass is 9.80. The van der Waals surface area contributed by atoms with Gasteiger partial charge in [-0.05, 0) is 11.3 Å². The van der Waals surface area contributed by atoms with Crippen molar-refractivity contribution in [3.05, 3.63) is 11.6 Å². The minimum atomic E-state index is 0.324. The minimum Gasteiger partial charge on any atom is -0.263 e. The van der Waals surface area contributed by atoms with E-state index in [1.807, 2.05) is 0 Å². The zero-order valence-corrected chi connectivity index (χ0v) is 10.8. The van der Waals surface area contributed by atoms with Gasteiger partial charge in [0.15, 0.2) is 5.82 Å². The standard InChI is InChI=1S/C12H23N3/c1-8(2)11-13-10(14-15-11)7-9(3)12(4,5)6/h8-9H,7H2,1-6H3,(H,13,14,15). The van der Waals surface area contributed by atoms with E-state index < -0.39 is 0 Å². The normalized spacial score (nSPS) is 14.6. The second kappa shape index (κ2) is 4.33. The minimum absolute atomic E-state index is 0.324. The van der Waals surface area contributed by atoms with E-state index in [-0.39, 0.29) is 0 Å². The molecule has 0 aliphatic carbocycles. The lowest BCUT2D eigenvalue weighted by Gasteiger charge is -2.26. The van der Waals surface area contributed by atoms with Gasteiger partial charge < -0.3 is 0 Å². The number of hydrogen-bond acceptors (Lipinski definition) is 2. The highest BCUT2D eigenvalue weighted by atomic mass is 15.2. The summed E-state index contributed by atoms with van der Waals surface area (Å²) in [6.07, 6.45) is 0.975. The number of aromatic amines is 1. The van der Waals surface area contributed by atoms with E-state index in [2.05, 4.69) is 56.7 Å². The van der Waals surface area contributed by atoms with Crippen molar-refractivity contribution in [2.45, 2.75) is 53.9 Å². The highest BCUT2D eigenvalue weighted by Crippen LogP contribution is 2.27. The topological polar surface area (TPSA) is 41.6 Å². The first-order valence-electron chi connectivity index (χ1n) is 5.72. The van der Waals surface area contributed by atoms with Crippen LogP contribution in [-0.4, -0.2) is 15.2 Å². The van der Waals surface area contributed by atoms with Gasteiger partial charge in [-0.2, -0.15) is 5.10 Å². The third-order valence-corrected chi connectivity index (χ3v) is 3.04. The number of nitrogens with one attached hydrogen (secondary N) is 1. The Hall–Kier alpha value is -0.860. The molecule has 0 amide bonds. The second-order valence-corrected chi connectivity index (χ2v) is 5.77. The molecule has 0 radical (unpaired) electrons. The van der Waals surface area contributed by atoms with Crippen LogP contribution >= 0.6 is 0 Å². The summed E-state index contributed by atoms with van der Waals surface area (Å²) in [4.78, 5) is 4.50. The van der Waals surface area contributed by atoms with E-state index in [4.69, 9.17) is 0 Å². The largest absolute Gasteiger partial charge is 0.263 e. The fraction of sp³-hybridized carbons (Fsp3) is 0.833. The van der Waals surface area contributed by atoms with Crippen molar-refractivity contribution in [2.24, 2.45) is 11.3 Å². The summed E-state index contributed by atoms with van der Waals surface area (Å²) in [7, 11) is 0. The average molecular weight is 209 g/mol. The molecule has 0 aliphatic rings. The fourth-order valence-electron chi connectivity index (χ4n) is 1.26. The number of aromatic nitrogens is 3. The predicted octanol–water partition coefficient (Wildman–Crippen LogP) is 3.15. The highest BCUT2D eigenvalue weighted by Gasteiger charge is 2.21. The number of nitrogens with zero attached hydrogens (tertiary/aromatic N) is 2. The van der Waals surface area contributed by atoms with Crippen LogP contribution in [0.25, 0.3) is 0 Å². The molecular formula is C12H23N3. The molecule has 0 saturated carbocycles. The van der Waals surface area contributed by atoms with E-state index in [1.54, 1.807) is 0 Å². The van der Waals surface area contributed by atoms with Gasteiger partial charge in [-0.3, -0.25) is 5.10 Å². The zero-order valence-electron chi connectivity index (χ0n) is 10.8. The molecule has 0 bridgehead atoms. The molecule has 0 saturated heterocycles. The molecule has 0 aromatic carbocycles. The van der Waals surface area contributed by atoms with E-state index >= 15 is 0 Å². The molecule has 86 valence electrons. The van der Waals surface area contributed by atoms with Crippen LogP contribution in [-0.2, 0) is 6.42 Å². The number of rotatable bonds is 3. The van der Waals surface area contributed by atoms with Crippen LogP contribution in [0.2, 0.25) is 0 Å². The van der Waals surface area contributed by atoms with Crippen LogP contribution in [0.5, 0.6) is 0 Å². The van der Waals surface area contributed by atoms with E-state index in [1.165, 1.54) is 0 Å². The molecule has 3 heteroatoms. The molecular weight excluding hydrogens is 186 g/mol. The molecule has 0 spiro atoms. The summed E-state index contributed by atoms with van der Waals surface area (Å²) in [6.45, 7) is 13.3. The number of H-pyrrole nitrogens is 1. The van der Waals surface area contributed by atoms with Crippen LogP contribution in [0, 0.1) is 11.3 Å². The molecule has 0 aliphatic heterocycles. The van der Waals surface area contributed by atoms with Crippen LogP contribution in [0.1, 0.15) is 59.1 Å². The van der Waals surface area contributed by atoms with Gasteiger partial charge in [-0.25, -0.2) is 4.98 Å². The lowest BCUT2D eigenvalue weighted by Crippen LogP contribution is -2.20. The van der Waals surface area contributed by atoms with Crippen LogP contribution in [0.15, 0.2) is 0 Å². The Balaban J connectivity index is 2.65. The Bertz CT molecular complexity index is 307. The van der Waals surface area contributed by atoms with Crippen LogP contribution < -0.4 is 0 Å². The Morgan fingerprint density at radius 1 is 1.20 bits per heavy atom. The van der Waals surface area contributed by atoms with Gasteiger partial charge >= 0.3 is 0 Å². The van der Waals surface area contributed by atoms with Gasteiger partial charge in [-0.15, -0.1) is 0 Å². The maximum absolute atomic E-state index is 4.50. The maximum atomic E-state index is 4.50. The van der Waals surface area contributed by atoms with E-state index in [9.17, 15) is 0 Å². The monoisotopic (exact) mass is 209 g/mol. The molecule has 1 aromatic heterocycles. The third-order valence-electron chi connectivity index (χ3n) is 3.04. The lowest BCUT2D eigenvalue weighted by molar-refractivity contribution is 0.257. The van der Waals surface area contributed by atoms with Crippen molar-refractivity contribution < 1.29 is 0 Å². The van der Waals surface area contributed by atoms with Crippen molar-refractivity contribution in [1.82, 2.24) is 15.2 Å². The van der Waals surface area contributed by atoms with Crippen molar-refractivity contribution in [3.63, 3.8) is 0 Å². The van der Waals surface area contributed by atoms with Crippen molar-refractivity contribution >= 4 is 0 Å². The Morgan fingerprint density at radius 3 is 2.20 bits per heavy atom. The summed E-state index contributed by atoms with van der Waals surface area (Å²) >= 11 is 0. The molecule has 1 atom stereocenters. The molecule has 1 N–H and O–H groups in total. The first kappa shape index (κ1) is 12.2. The quantitative estimate of drug-likeness (QED) is 0.830. The van der Waals surface area contributed by atoms with E-state index in [0.29, 0.717) is 17.3 Å². The third kappa shape index (κ3) is 3.33. The average Bonchev–Trinajstić information content (AvgIpc) is 2.50. The van der Waals surface area contributed by atoms with Gasteiger partial charge in [0.1, 0.15) is 5.82 Å². The van der Waals surface area contributed by atoms with Gasteiger partial charge in [-0.1, -0.05) is 41.5 Å². The molecule has 1 heterocycles. The van der Waals surface area contributed by atoms with Gasteiger partial charge in [0.05, 0.1) is 0 Å². The SMILES string of the molecule is CC(C)c1n[nH]c(CC(C)C(C)(C)C)n1. The van der Waals surface area contributed by atoms with Crippen molar-refractivity contribution in [3.8, 4) is 0 Å². The zero-order chi connectivity index (χ0) is 11.6. The van der Waals surface area contributed by atoms with Gasteiger partial charge in [0.2, 0.25) is 0 Å². The molecule has 1 aromatic rings. The van der Waals surface area contributed by atoms with Gasteiger partial charge in [0.25, 0.3) is 0 Å². The van der Waals surface area contributed by atoms with Crippen LogP contribution in [0.3, 0.4) is 0 Å². The number of hydrogen-bond donors (Lipinski definition) is 1. The summed E-state index contributed by atoms with van der Waals surface area (Å²) in [5, 5.41) is 7.24. The smallest absolute Gasteiger partial charge is 0.153 e. The Labute approximate surface area is 92.7 Å². The second-order valence-electron chi connectivity index (χ2n) is 5.77. The summed E-state index contributed by atoms with van der Waals surface area (Å²) in [5.74, 6) is 2.94. The first-order valence-corrected chi connectivity index (χ1v) is 5.72. The summed E-state index contributed by atoms with van der Waals surface area (Å²) in [6, 6.07) is 0. The predicted molar refractivity (Wildman–Crippen MR) is 62.8 cm³/mol. The Morgan fingerprint density at radius 2 is 1.80 bits per heavy atom. The molecule has 1 rings (SSSR count). The summed E-state index contributed by atoms with van der Waals surface area (Å²) < 4.78 is 0. The molecule has 0 fully saturated rings. The maximum Gasteiger partial charge on any atom is 0.153 e. The Kier molecular flexibility index (Phi) is 3.53. The highest BCUT2D eigenvalue weighted by molar-refractivity contribution is 4.96. The molecule has 3 nitrogen and oxygen atoms in total. The molecule has 1 unspecified atom stereocenters. The summed E-state index contributed by atoms with van der Waals surface area (Å²) in [5.41, 5.74) is 0.324. The van der Waals surface area contributed by atoms with Crippen LogP contribution in [0.4, 0.5) is 0 Å². The van der Waals surface area contributed by atoms with Crippen molar-refractivity contribution in [2.75, 3.05) is 0 Å². The van der Waals surface area contributed by atoms with E-state index in [0.717, 1.165) is 18.1 Å². The fourth-order valence-corrected chi connectivity index (χ4v) is 1.26.